The number of hydrogen-bond acceptors (Lipinski definition) is 6. The van der Waals surface area contributed by atoms with Gasteiger partial charge in [-0.3, -0.25) is 0 Å². The number of amides is 1. The van der Waals surface area contributed by atoms with E-state index >= 15 is 0 Å². The Balaban J connectivity index is 2.90. The molecule has 0 saturated heterocycles. The summed E-state index contributed by atoms with van der Waals surface area (Å²) >= 11 is 0. The molecule has 0 aromatic heterocycles. The second-order valence-corrected chi connectivity index (χ2v) is 5.15. The molecule has 2 N–H and O–H groups in total. The van der Waals surface area contributed by atoms with Crippen LogP contribution in [0.4, 0.5) is 4.79 Å². The van der Waals surface area contributed by atoms with Crippen LogP contribution < -0.4 is 19.7 Å². The van der Waals surface area contributed by atoms with Crippen molar-refractivity contribution in [3.05, 3.63) is 18.2 Å². The third kappa shape index (κ3) is 4.00. The van der Waals surface area contributed by atoms with Gasteiger partial charge in [0.25, 0.3) is 10.0 Å². The summed E-state index contributed by atoms with van der Waals surface area (Å²) in [5.74, 6) is 0.649. The normalized spacial score (nSPS) is 10.8. The predicted molar refractivity (Wildman–Crippen MR) is 70.0 cm³/mol. The van der Waals surface area contributed by atoms with Gasteiger partial charge in [0, 0.05) is 6.07 Å². The third-order valence-electron chi connectivity index (χ3n) is 2.23. The highest BCUT2D eigenvalue weighted by Crippen LogP contribution is 2.29. The zero-order valence-electron chi connectivity index (χ0n) is 11.3. The number of ether oxygens (including phenoxy) is 3. The summed E-state index contributed by atoms with van der Waals surface area (Å²) in [6.45, 7) is 1.73. The summed E-state index contributed by atoms with van der Waals surface area (Å²) in [7, 11) is -1.10. The standard InChI is InChI=1S/C11H16N2O6S/c1-4-19-11(14)12-13-20(15,16)8-5-6-9(17-2)10(7-8)18-3/h5-7,13H,4H2,1-3H3,(H,12,14). The van der Waals surface area contributed by atoms with E-state index in [-0.39, 0.29) is 17.3 Å². The Labute approximate surface area is 117 Å². The van der Waals surface area contributed by atoms with Crippen LogP contribution in [-0.2, 0) is 14.8 Å². The fourth-order valence-corrected chi connectivity index (χ4v) is 2.16. The van der Waals surface area contributed by atoms with Crippen molar-refractivity contribution in [1.82, 2.24) is 10.3 Å². The maximum Gasteiger partial charge on any atom is 0.422 e. The fourth-order valence-electron chi connectivity index (χ4n) is 1.32. The Morgan fingerprint density at radius 1 is 1.20 bits per heavy atom. The van der Waals surface area contributed by atoms with E-state index in [1.165, 1.54) is 32.4 Å². The van der Waals surface area contributed by atoms with Gasteiger partial charge in [0.05, 0.1) is 25.7 Å². The summed E-state index contributed by atoms with van der Waals surface area (Å²) in [4.78, 5) is 12.8. The van der Waals surface area contributed by atoms with Crippen molar-refractivity contribution in [2.75, 3.05) is 20.8 Å². The molecule has 0 heterocycles. The molecule has 1 rings (SSSR count). The minimum atomic E-state index is -3.93. The number of carbonyl (C=O) groups is 1. The van der Waals surface area contributed by atoms with Gasteiger partial charge >= 0.3 is 6.09 Å². The molecule has 9 heteroatoms. The number of benzene rings is 1. The fraction of sp³-hybridized carbons (Fsp3) is 0.364. The first-order valence-corrected chi connectivity index (χ1v) is 7.09. The minimum Gasteiger partial charge on any atom is -0.493 e. The van der Waals surface area contributed by atoms with E-state index in [9.17, 15) is 13.2 Å². The molecule has 1 amide bonds. The van der Waals surface area contributed by atoms with Crippen molar-refractivity contribution in [2.24, 2.45) is 0 Å². The van der Waals surface area contributed by atoms with Gasteiger partial charge in [0.2, 0.25) is 0 Å². The molecule has 0 fully saturated rings. The zero-order valence-corrected chi connectivity index (χ0v) is 12.1. The van der Waals surface area contributed by atoms with E-state index in [0.29, 0.717) is 5.75 Å². The lowest BCUT2D eigenvalue weighted by molar-refractivity contribution is 0.150. The monoisotopic (exact) mass is 304 g/mol. The highest BCUT2D eigenvalue weighted by molar-refractivity contribution is 7.89. The lowest BCUT2D eigenvalue weighted by Gasteiger charge is -2.11. The van der Waals surface area contributed by atoms with E-state index in [0.717, 1.165) is 0 Å². The molecule has 20 heavy (non-hydrogen) atoms. The topological polar surface area (TPSA) is 103 Å². The minimum absolute atomic E-state index is 0.0908. The average molecular weight is 304 g/mol. The first-order valence-electron chi connectivity index (χ1n) is 5.61. The SMILES string of the molecule is CCOC(=O)NNS(=O)(=O)c1ccc(OC)c(OC)c1. The Kier molecular flexibility index (Phi) is 5.59. The maximum atomic E-state index is 11.9. The van der Waals surface area contributed by atoms with Crippen molar-refractivity contribution in [2.45, 2.75) is 11.8 Å². The molecule has 0 aliphatic carbocycles. The number of hydrazine groups is 1. The van der Waals surface area contributed by atoms with Crippen LogP contribution >= 0.6 is 0 Å². The van der Waals surface area contributed by atoms with E-state index in [1.807, 2.05) is 10.3 Å². The van der Waals surface area contributed by atoms with Crippen LogP contribution in [0.15, 0.2) is 23.1 Å². The Hall–Kier alpha value is -2.00. The Bertz CT molecular complexity index is 572. The van der Waals surface area contributed by atoms with Gasteiger partial charge in [-0.1, -0.05) is 0 Å². The molecule has 0 aliphatic heterocycles. The van der Waals surface area contributed by atoms with Gasteiger partial charge in [0.15, 0.2) is 11.5 Å². The van der Waals surface area contributed by atoms with E-state index in [4.69, 9.17) is 9.47 Å². The number of hydrogen-bond donors (Lipinski definition) is 2. The summed E-state index contributed by atoms with van der Waals surface area (Å²) < 4.78 is 38.4. The molecular formula is C11H16N2O6S. The second-order valence-electron chi connectivity index (χ2n) is 3.47. The summed E-state index contributed by atoms with van der Waals surface area (Å²) in [5, 5.41) is 0. The van der Waals surface area contributed by atoms with Crippen LogP contribution in [-0.4, -0.2) is 35.3 Å². The summed E-state index contributed by atoms with van der Waals surface area (Å²) in [6, 6.07) is 4.03. The predicted octanol–water partition coefficient (Wildman–Crippen LogP) is 0.643. The number of nitrogens with one attached hydrogen (secondary N) is 2. The smallest absolute Gasteiger partial charge is 0.422 e. The third-order valence-corrected chi connectivity index (χ3v) is 3.47. The molecular weight excluding hydrogens is 288 g/mol. The van der Waals surface area contributed by atoms with Crippen LogP contribution in [0.3, 0.4) is 0 Å². The molecule has 0 radical (unpaired) electrons. The first kappa shape index (κ1) is 16.1. The van der Waals surface area contributed by atoms with Crippen molar-refractivity contribution >= 4 is 16.1 Å². The van der Waals surface area contributed by atoms with Crippen LogP contribution in [0.1, 0.15) is 6.92 Å². The van der Waals surface area contributed by atoms with Crippen molar-refractivity contribution in [1.29, 1.82) is 0 Å². The largest absolute Gasteiger partial charge is 0.493 e. The molecule has 0 spiro atoms. The van der Waals surface area contributed by atoms with E-state index in [2.05, 4.69) is 4.74 Å². The van der Waals surface area contributed by atoms with Gasteiger partial charge in [0.1, 0.15) is 0 Å². The van der Waals surface area contributed by atoms with Crippen LogP contribution in [0.5, 0.6) is 11.5 Å². The van der Waals surface area contributed by atoms with Gasteiger partial charge < -0.3 is 14.2 Å². The van der Waals surface area contributed by atoms with Gasteiger partial charge in [-0.25, -0.2) is 18.6 Å². The molecule has 0 atom stereocenters. The second kappa shape index (κ2) is 6.96. The maximum absolute atomic E-state index is 11.9. The lowest BCUT2D eigenvalue weighted by atomic mass is 10.3. The molecule has 1 aromatic rings. The zero-order chi connectivity index (χ0) is 15.2. The van der Waals surface area contributed by atoms with Gasteiger partial charge in [-0.2, -0.15) is 0 Å². The van der Waals surface area contributed by atoms with Crippen LogP contribution in [0.2, 0.25) is 0 Å². The van der Waals surface area contributed by atoms with Gasteiger partial charge in [-0.15, -0.1) is 4.83 Å². The number of sulfonamides is 1. The van der Waals surface area contributed by atoms with Crippen LogP contribution in [0, 0.1) is 0 Å². The van der Waals surface area contributed by atoms with Crippen LogP contribution in [0.25, 0.3) is 0 Å². The van der Waals surface area contributed by atoms with Gasteiger partial charge in [-0.05, 0) is 19.1 Å². The Morgan fingerprint density at radius 3 is 2.40 bits per heavy atom. The van der Waals surface area contributed by atoms with Crippen molar-refractivity contribution in [3.63, 3.8) is 0 Å². The average Bonchev–Trinajstić information content (AvgIpc) is 2.44. The number of rotatable bonds is 6. The quantitative estimate of drug-likeness (QED) is 0.748. The number of methoxy groups -OCH3 is 2. The van der Waals surface area contributed by atoms with E-state index in [1.54, 1.807) is 6.92 Å². The molecule has 112 valence electrons. The molecule has 8 nitrogen and oxygen atoms in total. The summed E-state index contributed by atoms with van der Waals surface area (Å²) in [5.41, 5.74) is 1.92. The molecule has 0 aliphatic rings. The Morgan fingerprint density at radius 2 is 1.85 bits per heavy atom. The lowest BCUT2D eigenvalue weighted by Crippen LogP contribution is -2.41. The molecule has 0 saturated carbocycles. The highest BCUT2D eigenvalue weighted by atomic mass is 32.2. The first-order chi connectivity index (χ1) is 9.44. The van der Waals surface area contributed by atoms with E-state index < -0.39 is 16.1 Å². The number of carbonyl (C=O) groups excluding carboxylic acids is 1. The molecule has 1 aromatic carbocycles. The molecule has 0 unspecified atom stereocenters. The van der Waals surface area contributed by atoms with Crippen molar-refractivity contribution < 1.29 is 27.4 Å². The molecule has 0 bridgehead atoms. The summed E-state index contributed by atoms with van der Waals surface area (Å²) in [6.07, 6.45) is -0.892. The highest BCUT2D eigenvalue weighted by Gasteiger charge is 2.18. The van der Waals surface area contributed by atoms with Crippen molar-refractivity contribution in [3.8, 4) is 11.5 Å².